The fourth-order valence-corrected chi connectivity index (χ4v) is 4.75. The van der Waals surface area contributed by atoms with E-state index in [-0.39, 0.29) is 4.90 Å². The normalized spacial score (nSPS) is 12.2. The zero-order valence-corrected chi connectivity index (χ0v) is 21.4. The van der Waals surface area contributed by atoms with Gasteiger partial charge in [0.25, 0.3) is 0 Å². The van der Waals surface area contributed by atoms with E-state index in [0.29, 0.717) is 16.5 Å². The molecule has 0 spiro atoms. The highest BCUT2D eigenvalue weighted by Gasteiger charge is 2.24. The van der Waals surface area contributed by atoms with Crippen molar-refractivity contribution in [1.29, 1.82) is 0 Å². The molecule has 1 aromatic heterocycles. The lowest BCUT2D eigenvalue weighted by molar-refractivity contribution is 0.0743. The summed E-state index contributed by atoms with van der Waals surface area (Å²) < 4.78 is 25.9. The second-order valence-electron chi connectivity index (χ2n) is 9.09. The van der Waals surface area contributed by atoms with E-state index in [2.05, 4.69) is 0 Å². The molecule has 3 aromatic carbocycles. The molecule has 34 heavy (non-hydrogen) atoms. The molecule has 7 heteroatoms. The highest BCUT2D eigenvalue weighted by atomic mass is 35.5. The van der Waals surface area contributed by atoms with Crippen LogP contribution >= 0.6 is 11.6 Å². The first-order valence-electron chi connectivity index (χ1n) is 10.9. The van der Waals surface area contributed by atoms with E-state index in [0.717, 1.165) is 33.5 Å². The third-order valence-corrected chi connectivity index (χ3v) is 7.41. The van der Waals surface area contributed by atoms with Crippen molar-refractivity contribution >= 4 is 21.4 Å². The minimum absolute atomic E-state index is 0.287. The van der Waals surface area contributed by atoms with Crippen LogP contribution in [0.2, 0.25) is 5.02 Å². The Morgan fingerprint density at radius 3 is 2.29 bits per heavy atom. The molecule has 0 unspecified atom stereocenters. The molecular weight excluding hydrogens is 468 g/mol. The van der Waals surface area contributed by atoms with E-state index >= 15 is 0 Å². The molecule has 0 aliphatic rings. The minimum atomic E-state index is -3.30. The quantitative estimate of drug-likeness (QED) is 0.363. The maximum atomic E-state index is 12.0. The van der Waals surface area contributed by atoms with Crippen molar-refractivity contribution in [3.63, 3.8) is 0 Å². The molecule has 0 radical (unpaired) electrons. The van der Waals surface area contributed by atoms with Crippen LogP contribution in [0.3, 0.4) is 0 Å². The first-order chi connectivity index (χ1) is 15.9. The van der Waals surface area contributed by atoms with Crippen LogP contribution in [0.15, 0.2) is 71.8 Å². The zero-order chi connectivity index (χ0) is 24.8. The Labute approximate surface area is 205 Å². The molecule has 0 bridgehead atoms. The van der Waals surface area contributed by atoms with Gasteiger partial charge in [0.2, 0.25) is 0 Å². The van der Waals surface area contributed by atoms with E-state index in [1.165, 1.54) is 6.26 Å². The van der Waals surface area contributed by atoms with Gasteiger partial charge in [-0.05, 0) is 80.3 Å². The Hall–Kier alpha value is -2.93. The Bertz CT molecular complexity index is 1500. The van der Waals surface area contributed by atoms with Gasteiger partial charge in [0, 0.05) is 23.0 Å². The Morgan fingerprint density at radius 1 is 0.971 bits per heavy atom. The van der Waals surface area contributed by atoms with Crippen molar-refractivity contribution in [1.82, 2.24) is 9.55 Å². The molecule has 176 valence electrons. The van der Waals surface area contributed by atoms with Crippen molar-refractivity contribution in [3.8, 4) is 28.2 Å². The summed E-state index contributed by atoms with van der Waals surface area (Å²) in [7, 11) is -3.30. The zero-order valence-electron chi connectivity index (χ0n) is 19.8. The summed E-state index contributed by atoms with van der Waals surface area (Å²) in [5.74, 6) is 0.687. The van der Waals surface area contributed by atoms with Gasteiger partial charge >= 0.3 is 0 Å². The lowest BCUT2D eigenvalue weighted by Crippen LogP contribution is -2.15. The van der Waals surface area contributed by atoms with Gasteiger partial charge in [0.1, 0.15) is 11.4 Å². The predicted molar refractivity (Wildman–Crippen MR) is 137 cm³/mol. The number of sulfone groups is 1. The van der Waals surface area contributed by atoms with Crippen LogP contribution in [0.25, 0.3) is 28.2 Å². The summed E-state index contributed by atoms with van der Waals surface area (Å²) in [6.07, 6.45) is 3.06. The summed E-state index contributed by atoms with van der Waals surface area (Å²) in [6, 6.07) is 18.6. The van der Waals surface area contributed by atoms with Crippen LogP contribution in [-0.2, 0) is 15.4 Å². The maximum absolute atomic E-state index is 12.0. The molecule has 0 saturated carbocycles. The third-order valence-electron chi connectivity index (χ3n) is 5.89. The van der Waals surface area contributed by atoms with Crippen molar-refractivity contribution in [3.05, 3.63) is 88.7 Å². The fourth-order valence-electron chi connectivity index (χ4n) is 3.91. The fraction of sp³-hybridized carbons (Fsp3) is 0.222. The van der Waals surface area contributed by atoms with Gasteiger partial charge in [0.15, 0.2) is 9.84 Å². The van der Waals surface area contributed by atoms with E-state index in [4.69, 9.17) is 16.6 Å². The summed E-state index contributed by atoms with van der Waals surface area (Å²) in [4.78, 5) is 5.06. The smallest absolute Gasteiger partial charge is 0.175 e. The van der Waals surface area contributed by atoms with Crippen LogP contribution in [-0.4, -0.2) is 29.3 Å². The molecule has 5 nitrogen and oxygen atoms in total. The monoisotopic (exact) mass is 494 g/mol. The number of benzene rings is 3. The highest BCUT2D eigenvalue weighted by Crippen LogP contribution is 2.34. The van der Waals surface area contributed by atoms with E-state index in [1.54, 1.807) is 32.0 Å². The van der Waals surface area contributed by atoms with Gasteiger partial charge in [-0.1, -0.05) is 41.9 Å². The molecule has 0 saturated heterocycles. The molecule has 1 N–H and O–H groups in total. The molecule has 4 aromatic rings. The number of hydrogen-bond acceptors (Lipinski definition) is 4. The number of aliphatic hydroxyl groups is 1. The SMILES string of the molecule is Cc1cc(-c2cccc(S(C)(=O)=O)c2)ccc1-n1cc(C(C)(C)O)nc1-c1cccc(Cl)c1C. The summed E-state index contributed by atoms with van der Waals surface area (Å²) in [6.45, 7) is 7.36. The first-order valence-corrected chi connectivity index (χ1v) is 13.1. The van der Waals surface area contributed by atoms with Crippen molar-refractivity contribution < 1.29 is 13.5 Å². The van der Waals surface area contributed by atoms with Gasteiger partial charge in [-0.2, -0.15) is 0 Å². The second kappa shape index (κ2) is 8.69. The number of rotatable bonds is 5. The summed E-state index contributed by atoms with van der Waals surface area (Å²) >= 11 is 6.39. The Morgan fingerprint density at radius 2 is 1.65 bits per heavy atom. The summed E-state index contributed by atoms with van der Waals surface area (Å²) in [5, 5.41) is 11.3. The van der Waals surface area contributed by atoms with Crippen molar-refractivity contribution in [2.75, 3.05) is 6.26 Å². The van der Waals surface area contributed by atoms with Crippen LogP contribution in [0, 0.1) is 13.8 Å². The van der Waals surface area contributed by atoms with Crippen LogP contribution in [0.1, 0.15) is 30.7 Å². The highest BCUT2D eigenvalue weighted by molar-refractivity contribution is 7.90. The topological polar surface area (TPSA) is 72.2 Å². The number of aromatic nitrogens is 2. The van der Waals surface area contributed by atoms with E-state index < -0.39 is 15.4 Å². The maximum Gasteiger partial charge on any atom is 0.175 e. The molecular formula is C27H27ClN2O3S. The van der Waals surface area contributed by atoms with E-state index in [1.807, 2.05) is 67.1 Å². The average Bonchev–Trinajstić information content (AvgIpc) is 3.20. The Balaban J connectivity index is 1.87. The first kappa shape index (κ1) is 24.2. The van der Waals surface area contributed by atoms with Crippen molar-refractivity contribution in [2.24, 2.45) is 0 Å². The number of aryl methyl sites for hydroxylation is 1. The molecule has 0 atom stereocenters. The largest absolute Gasteiger partial charge is 0.384 e. The van der Waals surface area contributed by atoms with Gasteiger partial charge in [-0.15, -0.1) is 0 Å². The average molecular weight is 495 g/mol. The van der Waals surface area contributed by atoms with Gasteiger partial charge < -0.3 is 5.11 Å². The minimum Gasteiger partial charge on any atom is -0.384 e. The van der Waals surface area contributed by atoms with Crippen LogP contribution < -0.4 is 0 Å². The number of imidazole rings is 1. The molecule has 0 fully saturated rings. The van der Waals surface area contributed by atoms with Gasteiger partial charge in [-0.25, -0.2) is 13.4 Å². The lowest BCUT2D eigenvalue weighted by atomic mass is 10.0. The number of hydrogen-bond donors (Lipinski definition) is 1. The molecule has 1 heterocycles. The van der Waals surface area contributed by atoms with Gasteiger partial charge in [-0.3, -0.25) is 4.57 Å². The number of halogens is 1. The molecule has 0 amide bonds. The van der Waals surface area contributed by atoms with Crippen LogP contribution in [0.4, 0.5) is 0 Å². The summed E-state index contributed by atoms with van der Waals surface area (Å²) in [5.41, 5.74) is 4.83. The lowest BCUT2D eigenvalue weighted by Gasteiger charge is -2.15. The molecule has 0 aliphatic carbocycles. The number of nitrogens with zero attached hydrogens (tertiary/aromatic N) is 2. The Kier molecular flexibility index (Phi) is 6.19. The molecule has 4 rings (SSSR count). The van der Waals surface area contributed by atoms with Crippen LogP contribution in [0.5, 0.6) is 0 Å². The third kappa shape index (κ3) is 4.67. The van der Waals surface area contributed by atoms with Gasteiger partial charge in [0.05, 0.1) is 16.3 Å². The standard InChI is InChI=1S/C27H27ClN2O3S/c1-17-14-20(19-8-6-9-21(15-19)34(5,32)33)12-13-24(17)30-16-25(27(3,4)31)29-26(30)22-10-7-11-23(28)18(22)2/h6-16,31H,1-5H3. The van der Waals surface area contributed by atoms with Crippen molar-refractivity contribution in [2.45, 2.75) is 38.2 Å². The van der Waals surface area contributed by atoms with E-state index in [9.17, 15) is 13.5 Å². The second-order valence-corrected chi connectivity index (χ2v) is 11.5. The molecule has 0 aliphatic heterocycles. The predicted octanol–water partition coefficient (Wildman–Crippen LogP) is 6.11.